The quantitative estimate of drug-likeness (QED) is 0.868. The standard InChI is InChI=1S/C13H19BrO2S/c1-2-16-11-6-9(7-11)5-10(15)8-13-12(14)3-4-17-13/h3-4,9-11,15H,2,5-8H2,1H3. The molecule has 1 aliphatic rings. The van der Waals surface area contributed by atoms with Crippen LogP contribution in [-0.2, 0) is 11.2 Å². The highest BCUT2D eigenvalue weighted by Crippen LogP contribution is 2.34. The lowest BCUT2D eigenvalue weighted by Gasteiger charge is -2.36. The lowest BCUT2D eigenvalue weighted by molar-refractivity contribution is -0.0375. The molecule has 0 aromatic carbocycles. The fourth-order valence-electron chi connectivity index (χ4n) is 2.39. The van der Waals surface area contributed by atoms with Gasteiger partial charge in [-0.1, -0.05) is 0 Å². The minimum Gasteiger partial charge on any atom is -0.393 e. The number of thiophene rings is 1. The Morgan fingerprint density at radius 3 is 2.94 bits per heavy atom. The fourth-order valence-corrected chi connectivity index (χ4v) is 3.98. The summed E-state index contributed by atoms with van der Waals surface area (Å²) in [6.45, 7) is 2.85. The zero-order valence-electron chi connectivity index (χ0n) is 10.1. The van der Waals surface area contributed by atoms with Gasteiger partial charge < -0.3 is 9.84 Å². The molecule has 1 saturated carbocycles. The average molecular weight is 319 g/mol. The molecule has 1 aromatic heterocycles. The largest absolute Gasteiger partial charge is 0.393 e. The summed E-state index contributed by atoms with van der Waals surface area (Å²) in [5, 5.41) is 12.1. The summed E-state index contributed by atoms with van der Waals surface area (Å²) in [5.41, 5.74) is 0. The van der Waals surface area contributed by atoms with Gasteiger partial charge in [0.1, 0.15) is 0 Å². The van der Waals surface area contributed by atoms with Crippen LogP contribution in [0.3, 0.4) is 0 Å². The molecular weight excluding hydrogens is 300 g/mol. The summed E-state index contributed by atoms with van der Waals surface area (Å²) in [6, 6.07) is 2.04. The molecule has 17 heavy (non-hydrogen) atoms. The van der Waals surface area contributed by atoms with Crippen molar-refractivity contribution in [2.75, 3.05) is 6.61 Å². The van der Waals surface area contributed by atoms with Crippen LogP contribution in [0.1, 0.15) is 31.1 Å². The Morgan fingerprint density at radius 1 is 1.59 bits per heavy atom. The van der Waals surface area contributed by atoms with Crippen molar-refractivity contribution in [3.05, 3.63) is 20.8 Å². The Hall–Kier alpha value is 0.100. The van der Waals surface area contributed by atoms with Crippen molar-refractivity contribution in [2.45, 2.75) is 44.8 Å². The molecule has 0 spiro atoms. The first-order valence-electron chi connectivity index (χ1n) is 6.20. The maximum Gasteiger partial charge on any atom is 0.0591 e. The van der Waals surface area contributed by atoms with Gasteiger partial charge in [0, 0.05) is 22.4 Å². The average Bonchev–Trinajstić information content (AvgIpc) is 2.61. The molecule has 0 aliphatic heterocycles. The van der Waals surface area contributed by atoms with Gasteiger partial charge in [-0.15, -0.1) is 11.3 Å². The zero-order valence-corrected chi connectivity index (χ0v) is 12.5. The molecule has 0 bridgehead atoms. The van der Waals surface area contributed by atoms with E-state index in [1.807, 2.05) is 13.0 Å². The highest BCUT2D eigenvalue weighted by atomic mass is 79.9. The molecule has 1 aromatic rings. The van der Waals surface area contributed by atoms with Crippen LogP contribution in [0.25, 0.3) is 0 Å². The smallest absolute Gasteiger partial charge is 0.0591 e. The summed E-state index contributed by atoms with van der Waals surface area (Å²) in [7, 11) is 0. The molecule has 1 N–H and O–H groups in total. The molecule has 2 rings (SSSR count). The van der Waals surface area contributed by atoms with E-state index in [4.69, 9.17) is 4.74 Å². The lowest BCUT2D eigenvalue weighted by Crippen LogP contribution is -2.34. The first kappa shape index (κ1) is 13.5. The van der Waals surface area contributed by atoms with Gasteiger partial charge >= 0.3 is 0 Å². The van der Waals surface area contributed by atoms with Gasteiger partial charge in [-0.2, -0.15) is 0 Å². The second-order valence-corrected chi connectivity index (χ2v) is 6.56. The molecule has 1 fully saturated rings. The predicted molar refractivity (Wildman–Crippen MR) is 74.5 cm³/mol. The molecule has 0 saturated heterocycles. The number of halogens is 1. The maximum absolute atomic E-state index is 10.0. The van der Waals surface area contributed by atoms with E-state index in [1.54, 1.807) is 11.3 Å². The molecule has 1 heterocycles. The van der Waals surface area contributed by atoms with E-state index in [-0.39, 0.29) is 6.10 Å². The van der Waals surface area contributed by atoms with Gasteiger partial charge in [-0.3, -0.25) is 0 Å². The van der Waals surface area contributed by atoms with Crippen LogP contribution in [0.4, 0.5) is 0 Å². The van der Waals surface area contributed by atoms with Gasteiger partial charge in [0.05, 0.1) is 12.2 Å². The number of hydrogen-bond donors (Lipinski definition) is 1. The predicted octanol–water partition coefficient (Wildman–Crippen LogP) is 3.62. The van der Waals surface area contributed by atoms with Crippen molar-refractivity contribution < 1.29 is 9.84 Å². The highest BCUT2D eigenvalue weighted by Gasteiger charge is 2.31. The van der Waals surface area contributed by atoms with Gasteiger partial charge in [-0.25, -0.2) is 0 Å². The number of aliphatic hydroxyl groups is 1. The van der Waals surface area contributed by atoms with Crippen LogP contribution in [-0.4, -0.2) is 23.9 Å². The zero-order chi connectivity index (χ0) is 12.3. The van der Waals surface area contributed by atoms with Crippen LogP contribution in [0.2, 0.25) is 0 Å². The lowest BCUT2D eigenvalue weighted by atomic mass is 9.78. The highest BCUT2D eigenvalue weighted by molar-refractivity contribution is 9.10. The summed E-state index contributed by atoms with van der Waals surface area (Å²) >= 11 is 5.21. The Labute approximate surface area is 115 Å². The van der Waals surface area contributed by atoms with Gasteiger partial charge in [-0.05, 0) is 59.5 Å². The van der Waals surface area contributed by atoms with E-state index in [0.29, 0.717) is 12.0 Å². The maximum atomic E-state index is 10.0. The van der Waals surface area contributed by atoms with E-state index in [1.165, 1.54) is 4.88 Å². The molecule has 0 amide bonds. The van der Waals surface area contributed by atoms with E-state index in [0.717, 1.165) is 36.8 Å². The third-order valence-electron chi connectivity index (χ3n) is 3.31. The minimum absolute atomic E-state index is 0.211. The van der Waals surface area contributed by atoms with E-state index < -0.39 is 0 Å². The van der Waals surface area contributed by atoms with Crippen molar-refractivity contribution in [3.8, 4) is 0 Å². The molecule has 1 unspecified atom stereocenters. The Bertz CT molecular complexity index is 347. The summed E-state index contributed by atoms with van der Waals surface area (Å²) < 4.78 is 6.65. The third kappa shape index (κ3) is 3.78. The third-order valence-corrected chi connectivity index (χ3v) is 5.26. The normalized spacial score (nSPS) is 25.6. The number of aliphatic hydroxyl groups excluding tert-OH is 1. The summed E-state index contributed by atoms with van der Waals surface area (Å²) in [5.74, 6) is 0.653. The van der Waals surface area contributed by atoms with Gasteiger partial charge in [0.15, 0.2) is 0 Å². The monoisotopic (exact) mass is 318 g/mol. The van der Waals surface area contributed by atoms with Crippen LogP contribution < -0.4 is 0 Å². The molecule has 2 nitrogen and oxygen atoms in total. The first-order chi connectivity index (χ1) is 8.19. The molecule has 1 atom stereocenters. The van der Waals surface area contributed by atoms with Crippen LogP contribution >= 0.6 is 27.3 Å². The van der Waals surface area contributed by atoms with E-state index in [9.17, 15) is 5.11 Å². The van der Waals surface area contributed by atoms with Gasteiger partial charge in [0.2, 0.25) is 0 Å². The molecule has 0 radical (unpaired) electrons. The van der Waals surface area contributed by atoms with E-state index in [2.05, 4.69) is 21.3 Å². The number of rotatable bonds is 6. The number of ether oxygens (including phenoxy) is 1. The summed E-state index contributed by atoms with van der Waals surface area (Å²) in [4.78, 5) is 1.25. The Balaban J connectivity index is 1.69. The Morgan fingerprint density at radius 2 is 2.35 bits per heavy atom. The van der Waals surface area contributed by atoms with E-state index >= 15 is 0 Å². The summed E-state index contributed by atoms with van der Waals surface area (Å²) in [6.07, 6.45) is 4.16. The second-order valence-electron chi connectivity index (χ2n) is 4.70. The van der Waals surface area contributed by atoms with Crippen molar-refractivity contribution in [3.63, 3.8) is 0 Å². The second kappa shape index (κ2) is 6.32. The molecule has 1 aliphatic carbocycles. The minimum atomic E-state index is -0.211. The number of hydrogen-bond acceptors (Lipinski definition) is 3. The van der Waals surface area contributed by atoms with Crippen LogP contribution in [0, 0.1) is 5.92 Å². The van der Waals surface area contributed by atoms with Crippen molar-refractivity contribution in [1.29, 1.82) is 0 Å². The topological polar surface area (TPSA) is 29.5 Å². The molecule has 4 heteroatoms. The van der Waals surface area contributed by atoms with Crippen LogP contribution in [0.5, 0.6) is 0 Å². The van der Waals surface area contributed by atoms with Crippen molar-refractivity contribution in [2.24, 2.45) is 5.92 Å². The van der Waals surface area contributed by atoms with Crippen LogP contribution in [0.15, 0.2) is 15.9 Å². The molecular formula is C13H19BrO2S. The Kier molecular flexibility index (Phi) is 5.03. The van der Waals surface area contributed by atoms with Crippen molar-refractivity contribution in [1.82, 2.24) is 0 Å². The SMILES string of the molecule is CCOC1CC(CC(O)Cc2sccc2Br)C1. The first-order valence-corrected chi connectivity index (χ1v) is 7.87. The van der Waals surface area contributed by atoms with Crippen molar-refractivity contribution >= 4 is 27.3 Å². The van der Waals surface area contributed by atoms with Gasteiger partial charge in [0.25, 0.3) is 0 Å². The molecule has 96 valence electrons. The fraction of sp³-hybridized carbons (Fsp3) is 0.692.